The molecule has 7 nitrogen and oxygen atoms in total. The average Bonchev–Trinajstić information content (AvgIpc) is 2.67. The molecule has 1 aromatic rings. The Bertz CT molecular complexity index is 704. The maximum absolute atomic E-state index is 12.2. The third-order valence-electron chi connectivity index (χ3n) is 4.61. The summed E-state index contributed by atoms with van der Waals surface area (Å²) < 4.78 is 5.12. The minimum atomic E-state index is -0.225. The molecule has 7 heteroatoms. The number of nitrogens with one attached hydrogen (secondary N) is 1. The number of hydrogen-bond acceptors (Lipinski definition) is 4. The molecule has 0 saturated carbocycles. The van der Waals surface area contributed by atoms with Crippen LogP contribution in [0.3, 0.4) is 0 Å². The molecule has 0 atom stereocenters. The van der Waals surface area contributed by atoms with Crippen molar-refractivity contribution in [2.45, 2.75) is 20.3 Å². The summed E-state index contributed by atoms with van der Waals surface area (Å²) in [6, 6.07) is 7.47. The Balaban J connectivity index is 1.75. The Morgan fingerprint density at radius 1 is 1.04 bits per heavy atom. The summed E-state index contributed by atoms with van der Waals surface area (Å²) in [5.74, 6) is 0.568. The lowest BCUT2D eigenvalue weighted by molar-refractivity contribution is -0.138. The normalized spacial score (nSPS) is 14.7. The largest absolute Gasteiger partial charge is 0.497 e. The van der Waals surface area contributed by atoms with E-state index in [0.717, 1.165) is 16.9 Å². The quantitative estimate of drug-likeness (QED) is 0.763. The Morgan fingerprint density at radius 3 is 2.19 bits per heavy atom. The minimum Gasteiger partial charge on any atom is -0.497 e. The molecule has 0 aromatic heterocycles. The van der Waals surface area contributed by atoms with Crippen LogP contribution in [0.5, 0.6) is 5.75 Å². The molecule has 1 aromatic carbocycles. The van der Waals surface area contributed by atoms with E-state index in [1.54, 1.807) is 16.9 Å². The predicted molar refractivity (Wildman–Crippen MR) is 103 cm³/mol. The van der Waals surface area contributed by atoms with Crippen LogP contribution in [0.15, 0.2) is 30.3 Å². The van der Waals surface area contributed by atoms with E-state index in [2.05, 4.69) is 5.32 Å². The van der Waals surface area contributed by atoms with E-state index in [9.17, 15) is 14.4 Å². The van der Waals surface area contributed by atoms with E-state index < -0.39 is 0 Å². The zero-order valence-corrected chi connectivity index (χ0v) is 16.2. The zero-order chi connectivity index (χ0) is 19.8. The minimum absolute atomic E-state index is 0.00522. The number of ether oxygens (including phenoxy) is 1. The van der Waals surface area contributed by atoms with Crippen LogP contribution in [0.2, 0.25) is 0 Å². The summed E-state index contributed by atoms with van der Waals surface area (Å²) in [7, 11) is 1.61. The van der Waals surface area contributed by atoms with Gasteiger partial charge in [0.25, 0.3) is 0 Å². The predicted octanol–water partition coefficient (Wildman–Crippen LogP) is 1.30. The van der Waals surface area contributed by atoms with Gasteiger partial charge in [0.2, 0.25) is 17.7 Å². The van der Waals surface area contributed by atoms with Crippen molar-refractivity contribution in [1.29, 1.82) is 0 Å². The van der Waals surface area contributed by atoms with Crippen LogP contribution in [0.1, 0.15) is 25.8 Å². The molecule has 1 heterocycles. The molecule has 1 aliphatic heterocycles. The second-order valence-corrected chi connectivity index (χ2v) is 6.48. The summed E-state index contributed by atoms with van der Waals surface area (Å²) in [6.45, 7) is 5.91. The fraction of sp³-hybridized carbons (Fsp3) is 0.450. The van der Waals surface area contributed by atoms with Crippen LogP contribution in [0.4, 0.5) is 0 Å². The Labute approximate surface area is 160 Å². The maximum Gasteiger partial charge on any atom is 0.244 e. The van der Waals surface area contributed by atoms with Gasteiger partial charge in [0.1, 0.15) is 5.75 Å². The Kier molecular flexibility index (Phi) is 7.40. The number of hydrogen-bond donors (Lipinski definition) is 1. The van der Waals surface area contributed by atoms with Gasteiger partial charge in [-0.3, -0.25) is 14.4 Å². The lowest BCUT2D eigenvalue weighted by atomic mass is 10.1. The summed E-state index contributed by atoms with van der Waals surface area (Å²) in [5, 5.41) is 2.75. The van der Waals surface area contributed by atoms with Gasteiger partial charge >= 0.3 is 0 Å². The van der Waals surface area contributed by atoms with Gasteiger partial charge in [-0.05, 0) is 30.2 Å². The first-order chi connectivity index (χ1) is 12.9. The fourth-order valence-electron chi connectivity index (χ4n) is 2.91. The second-order valence-electron chi connectivity index (χ2n) is 6.48. The molecule has 0 aliphatic carbocycles. The van der Waals surface area contributed by atoms with Crippen molar-refractivity contribution in [3.05, 3.63) is 35.9 Å². The third-order valence-corrected chi connectivity index (χ3v) is 4.61. The monoisotopic (exact) mass is 373 g/mol. The number of methoxy groups -OCH3 is 1. The summed E-state index contributed by atoms with van der Waals surface area (Å²) in [6.07, 6.45) is 1.78. The number of nitrogens with zero attached hydrogens (tertiary/aromatic N) is 2. The van der Waals surface area contributed by atoms with Gasteiger partial charge in [0.15, 0.2) is 0 Å². The summed E-state index contributed by atoms with van der Waals surface area (Å²) in [4.78, 5) is 39.0. The van der Waals surface area contributed by atoms with E-state index in [0.29, 0.717) is 26.2 Å². The van der Waals surface area contributed by atoms with Gasteiger partial charge in [0.05, 0.1) is 7.11 Å². The molecule has 1 N–H and O–H groups in total. The molecule has 0 bridgehead atoms. The molecule has 146 valence electrons. The highest BCUT2D eigenvalue weighted by molar-refractivity contribution is 5.95. The number of carbonyl (C=O) groups is 3. The molecular weight excluding hydrogens is 346 g/mol. The first-order valence-corrected chi connectivity index (χ1v) is 9.04. The molecule has 0 unspecified atom stereocenters. The molecule has 0 radical (unpaired) electrons. The lowest BCUT2D eigenvalue weighted by Gasteiger charge is -2.34. The van der Waals surface area contributed by atoms with Crippen LogP contribution >= 0.6 is 0 Å². The van der Waals surface area contributed by atoms with Crippen molar-refractivity contribution in [3.8, 4) is 5.75 Å². The summed E-state index contributed by atoms with van der Waals surface area (Å²) in [5.41, 5.74) is 1.77. The molecule has 0 spiro atoms. The van der Waals surface area contributed by atoms with E-state index in [4.69, 9.17) is 4.74 Å². The first-order valence-electron chi connectivity index (χ1n) is 9.04. The van der Waals surface area contributed by atoms with E-state index in [1.165, 1.54) is 13.0 Å². The van der Waals surface area contributed by atoms with Crippen LogP contribution in [0.25, 0.3) is 5.57 Å². The molecule has 27 heavy (non-hydrogen) atoms. The van der Waals surface area contributed by atoms with Crippen LogP contribution < -0.4 is 10.1 Å². The highest BCUT2D eigenvalue weighted by Crippen LogP contribution is 2.17. The van der Waals surface area contributed by atoms with Gasteiger partial charge in [-0.15, -0.1) is 0 Å². The van der Waals surface area contributed by atoms with Crippen molar-refractivity contribution in [1.82, 2.24) is 15.1 Å². The van der Waals surface area contributed by atoms with Gasteiger partial charge in [-0.1, -0.05) is 12.1 Å². The fourth-order valence-corrected chi connectivity index (χ4v) is 2.91. The summed E-state index contributed by atoms with van der Waals surface area (Å²) >= 11 is 0. The number of carbonyl (C=O) groups excluding carboxylic acids is 3. The van der Waals surface area contributed by atoms with Gasteiger partial charge < -0.3 is 19.9 Å². The lowest BCUT2D eigenvalue weighted by Crippen LogP contribution is -2.50. The van der Waals surface area contributed by atoms with E-state index >= 15 is 0 Å². The molecule has 2 rings (SSSR count). The average molecular weight is 373 g/mol. The zero-order valence-electron chi connectivity index (χ0n) is 16.2. The topological polar surface area (TPSA) is 79.0 Å². The number of benzene rings is 1. The number of rotatable bonds is 6. The molecule has 1 aliphatic rings. The Hall–Kier alpha value is -2.83. The Morgan fingerprint density at radius 2 is 1.63 bits per heavy atom. The van der Waals surface area contributed by atoms with E-state index in [1.807, 2.05) is 31.2 Å². The van der Waals surface area contributed by atoms with Crippen molar-refractivity contribution in [3.63, 3.8) is 0 Å². The first kappa shape index (κ1) is 20.5. The van der Waals surface area contributed by atoms with Crippen LogP contribution in [0, 0.1) is 0 Å². The maximum atomic E-state index is 12.2. The van der Waals surface area contributed by atoms with Gasteiger partial charge in [-0.2, -0.15) is 0 Å². The molecule has 1 saturated heterocycles. The number of allylic oxidation sites excluding steroid dienone is 1. The van der Waals surface area contributed by atoms with Gasteiger partial charge in [0, 0.05) is 52.1 Å². The van der Waals surface area contributed by atoms with Crippen molar-refractivity contribution in [2.24, 2.45) is 0 Å². The highest BCUT2D eigenvalue weighted by atomic mass is 16.5. The molecule has 1 fully saturated rings. The highest BCUT2D eigenvalue weighted by Gasteiger charge is 2.21. The molecular formula is C20H27N3O4. The van der Waals surface area contributed by atoms with Crippen LogP contribution in [-0.2, 0) is 14.4 Å². The number of piperazine rings is 1. The van der Waals surface area contributed by atoms with Crippen LogP contribution in [-0.4, -0.2) is 67.4 Å². The van der Waals surface area contributed by atoms with Gasteiger partial charge in [-0.25, -0.2) is 0 Å². The van der Waals surface area contributed by atoms with Crippen molar-refractivity contribution in [2.75, 3.05) is 39.8 Å². The second kappa shape index (κ2) is 9.75. The van der Waals surface area contributed by atoms with E-state index in [-0.39, 0.29) is 30.7 Å². The standard InChI is InChI=1S/C20H27N3O4/c1-15(17-4-6-18(27-3)7-5-17)14-19(25)21-9-8-20(26)23-12-10-22(11-13-23)16(2)24/h4-7,14H,8-13H2,1-3H3,(H,21,25)/b15-14+. The number of amides is 3. The smallest absolute Gasteiger partial charge is 0.244 e. The molecule has 3 amide bonds. The SMILES string of the molecule is COc1ccc(/C(C)=C/C(=O)NCCC(=O)N2CCN(C(C)=O)CC2)cc1. The van der Waals surface area contributed by atoms with Crippen molar-refractivity contribution >= 4 is 23.3 Å². The third kappa shape index (κ3) is 6.13. The van der Waals surface area contributed by atoms with Crippen molar-refractivity contribution < 1.29 is 19.1 Å².